The van der Waals surface area contributed by atoms with Gasteiger partial charge < -0.3 is 4.74 Å². The van der Waals surface area contributed by atoms with Crippen LogP contribution in [0.5, 0.6) is 5.75 Å². The van der Waals surface area contributed by atoms with E-state index in [1.165, 1.54) is 29.6 Å². The minimum Gasteiger partial charge on any atom is -0.422 e. The molecule has 2 aromatic rings. The Kier molecular flexibility index (Phi) is 7.10. The molecule has 0 bridgehead atoms. The summed E-state index contributed by atoms with van der Waals surface area (Å²) in [5.41, 5.74) is 2.20. The zero-order chi connectivity index (χ0) is 17.6. The number of esters is 1. The van der Waals surface area contributed by atoms with Crippen LogP contribution >= 0.6 is 55.4 Å². The first kappa shape index (κ1) is 19.1. The van der Waals surface area contributed by atoms with Gasteiger partial charge in [0, 0.05) is 10.5 Å². The van der Waals surface area contributed by atoms with Crippen LogP contribution in [0.2, 0.25) is 0 Å². The van der Waals surface area contributed by atoms with Crippen LogP contribution in [0.1, 0.15) is 22.1 Å². The van der Waals surface area contributed by atoms with Gasteiger partial charge in [-0.25, -0.2) is 4.79 Å². The normalized spacial score (nSPS) is 15.4. The van der Waals surface area contributed by atoms with Gasteiger partial charge in [-0.1, -0.05) is 34.1 Å². The molecule has 1 fully saturated rings. The number of benzene rings is 2. The van der Waals surface area contributed by atoms with Crippen LogP contribution < -0.4 is 4.74 Å². The Balaban J connectivity index is 1.63. The maximum absolute atomic E-state index is 12.0. The van der Waals surface area contributed by atoms with Crippen LogP contribution in [0, 0.1) is 0 Å². The standard InChI is InChI=1S/C19H16Br2O2S2/c20-15-6-2-13(3-7-15)4-9-18(22)23-17-8-5-14(12-16(17)21)19-24-10-1-11-25-19/h2-9,12,19H,1,10-11H2/b9-4+. The van der Waals surface area contributed by atoms with Crippen molar-refractivity contribution >= 4 is 67.4 Å². The van der Waals surface area contributed by atoms with Gasteiger partial charge in [-0.3, -0.25) is 0 Å². The summed E-state index contributed by atoms with van der Waals surface area (Å²) in [6.45, 7) is 0. The predicted molar refractivity (Wildman–Crippen MR) is 115 cm³/mol. The minimum atomic E-state index is -0.391. The van der Waals surface area contributed by atoms with E-state index in [1.54, 1.807) is 6.08 Å². The molecule has 6 heteroatoms. The number of ether oxygens (including phenoxy) is 1. The van der Waals surface area contributed by atoms with Gasteiger partial charge in [-0.2, -0.15) is 0 Å². The highest BCUT2D eigenvalue weighted by Crippen LogP contribution is 2.45. The lowest BCUT2D eigenvalue weighted by molar-refractivity contribution is -0.128. The lowest BCUT2D eigenvalue weighted by Crippen LogP contribution is -2.05. The molecule has 1 aliphatic rings. The number of carbonyl (C=O) groups is 1. The lowest BCUT2D eigenvalue weighted by Gasteiger charge is -2.21. The number of rotatable bonds is 4. The van der Waals surface area contributed by atoms with Crippen molar-refractivity contribution in [2.24, 2.45) is 0 Å². The summed E-state index contributed by atoms with van der Waals surface area (Å²) in [6.07, 6.45) is 4.45. The topological polar surface area (TPSA) is 26.3 Å². The largest absolute Gasteiger partial charge is 0.422 e. The second-order valence-corrected chi connectivity index (χ2v) is 9.92. The van der Waals surface area contributed by atoms with E-state index in [0.717, 1.165) is 14.5 Å². The summed E-state index contributed by atoms with van der Waals surface area (Å²) in [4.78, 5) is 12.0. The van der Waals surface area contributed by atoms with Gasteiger partial charge in [0.05, 0.1) is 9.05 Å². The van der Waals surface area contributed by atoms with Gasteiger partial charge in [0.2, 0.25) is 0 Å². The minimum absolute atomic E-state index is 0.391. The van der Waals surface area contributed by atoms with E-state index >= 15 is 0 Å². The maximum atomic E-state index is 12.0. The van der Waals surface area contributed by atoms with Crippen LogP contribution in [0.4, 0.5) is 0 Å². The predicted octanol–water partition coefficient (Wildman–Crippen LogP) is 6.70. The highest BCUT2D eigenvalue weighted by Gasteiger charge is 2.18. The Morgan fingerprint density at radius 3 is 2.48 bits per heavy atom. The fourth-order valence-electron chi connectivity index (χ4n) is 2.31. The van der Waals surface area contributed by atoms with Crippen molar-refractivity contribution in [2.75, 3.05) is 11.5 Å². The summed E-state index contributed by atoms with van der Waals surface area (Å²) in [7, 11) is 0. The first-order valence-corrected chi connectivity index (χ1v) is 11.5. The highest BCUT2D eigenvalue weighted by molar-refractivity contribution is 9.10. The number of halogens is 2. The van der Waals surface area contributed by atoms with Gasteiger partial charge in [0.1, 0.15) is 5.75 Å². The first-order chi connectivity index (χ1) is 12.1. The van der Waals surface area contributed by atoms with E-state index in [-0.39, 0.29) is 0 Å². The van der Waals surface area contributed by atoms with Crippen LogP contribution in [0.25, 0.3) is 6.08 Å². The number of hydrogen-bond acceptors (Lipinski definition) is 4. The Labute approximate surface area is 173 Å². The van der Waals surface area contributed by atoms with E-state index in [4.69, 9.17) is 4.74 Å². The van der Waals surface area contributed by atoms with Gasteiger partial charge >= 0.3 is 5.97 Å². The number of carbonyl (C=O) groups excluding carboxylic acids is 1. The molecule has 0 saturated carbocycles. The van der Waals surface area contributed by atoms with Gasteiger partial charge in [0.25, 0.3) is 0 Å². The monoisotopic (exact) mass is 498 g/mol. The third-order valence-electron chi connectivity index (χ3n) is 3.55. The summed E-state index contributed by atoms with van der Waals surface area (Å²) in [6, 6.07) is 13.7. The van der Waals surface area contributed by atoms with Crippen LogP contribution in [-0.2, 0) is 4.79 Å². The van der Waals surface area contributed by atoms with Gasteiger partial charge in [0.15, 0.2) is 0 Å². The Morgan fingerprint density at radius 2 is 1.80 bits per heavy atom. The molecule has 0 aliphatic carbocycles. The third kappa shape index (κ3) is 5.64. The van der Waals surface area contributed by atoms with Crippen molar-refractivity contribution in [3.63, 3.8) is 0 Å². The van der Waals surface area contributed by atoms with Crippen molar-refractivity contribution in [1.29, 1.82) is 0 Å². The Bertz CT molecular complexity index is 769. The molecule has 0 unspecified atom stereocenters. The second-order valence-electron chi connectivity index (χ2n) is 5.42. The van der Waals surface area contributed by atoms with E-state index in [0.29, 0.717) is 10.3 Å². The second kappa shape index (κ2) is 9.31. The molecule has 0 atom stereocenters. The van der Waals surface area contributed by atoms with Gasteiger partial charge in [-0.15, -0.1) is 23.5 Å². The lowest BCUT2D eigenvalue weighted by atomic mass is 10.2. The summed E-state index contributed by atoms with van der Waals surface area (Å²) in [5, 5.41) is 0. The average Bonchev–Trinajstić information content (AvgIpc) is 2.64. The molecular weight excluding hydrogens is 484 g/mol. The quantitative estimate of drug-likeness (QED) is 0.265. The van der Waals surface area contributed by atoms with Crippen molar-refractivity contribution in [3.05, 3.63) is 68.6 Å². The fourth-order valence-corrected chi connectivity index (χ4v) is 5.92. The van der Waals surface area contributed by atoms with Crippen molar-refractivity contribution < 1.29 is 9.53 Å². The zero-order valence-electron chi connectivity index (χ0n) is 13.3. The molecule has 130 valence electrons. The molecular formula is C19H16Br2O2S2. The van der Waals surface area contributed by atoms with Crippen molar-refractivity contribution in [3.8, 4) is 5.75 Å². The van der Waals surface area contributed by atoms with Crippen molar-refractivity contribution in [2.45, 2.75) is 11.0 Å². The zero-order valence-corrected chi connectivity index (χ0v) is 18.1. The van der Waals surface area contributed by atoms with Gasteiger partial charge in [-0.05, 0) is 75.3 Å². The fraction of sp³-hybridized carbons (Fsp3) is 0.211. The third-order valence-corrected chi connectivity index (χ3v) is 7.71. The first-order valence-electron chi connectivity index (χ1n) is 7.80. The van der Waals surface area contributed by atoms with E-state index in [1.807, 2.05) is 59.9 Å². The Morgan fingerprint density at radius 1 is 1.08 bits per heavy atom. The SMILES string of the molecule is O=C(/C=C/c1ccc(Br)cc1)Oc1ccc(C2SCCCS2)cc1Br. The van der Waals surface area contributed by atoms with Crippen molar-refractivity contribution in [1.82, 2.24) is 0 Å². The Hall–Kier alpha value is -0.690. The van der Waals surface area contributed by atoms with E-state index in [9.17, 15) is 4.79 Å². The van der Waals surface area contributed by atoms with E-state index < -0.39 is 5.97 Å². The smallest absolute Gasteiger partial charge is 0.336 e. The molecule has 1 heterocycles. The summed E-state index contributed by atoms with van der Waals surface area (Å²) < 4.78 is 7.72. The highest BCUT2D eigenvalue weighted by atomic mass is 79.9. The molecule has 3 rings (SSSR count). The summed E-state index contributed by atoms with van der Waals surface area (Å²) >= 11 is 10.9. The molecule has 1 saturated heterocycles. The molecule has 0 N–H and O–H groups in total. The average molecular weight is 500 g/mol. The molecule has 0 amide bonds. The molecule has 25 heavy (non-hydrogen) atoms. The molecule has 0 aromatic heterocycles. The molecule has 1 aliphatic heterocycles. The maximum Gasteiger partial charge on any atom is 0.336 e. The van der Waals surface area contributed by atoms with Crippen LogP contribution in [-0.4, -0.2) is 17.5 Å². The van der Waals surface area contributed by atoms with E-state index in [2.05, 4.69) is 37.9 Å². The summed E-state index contributed by atoms with van der Waals surface area (Å²) in [5.74, 6) is 2.55. The molecule has 2 nitrogen and oxygen atoms in total. The van der Waals surface area contributed by atoms with Crippen LogP contribution in [0.3, 0.4) is 0 Å². The molecule has 2 aromatic carbocycles. The number of thioether (sulfide) groups is 2. The molecule has 0 radical (unpaired) electrons. The molecule has 0 spiro atoms. The van der Waals surface area contributed by atoms with Crippen LogP contribution in [0.15, 0.2) is 57.5 Å². The number of hydrogen-bond donors (Lipinski definition) is 0.